The highest BCUT2D eigenvalue weighted by Gasteiger charge is 2.14. The van der Waals surface area contributed by atoms with Crippen molar-refractivity contribution in [2.75, 3.05) is 5.32 Å². The zero-order valence-corrected chi connectivity index (χ0v) is 16.1. The lowest BCUT2D eigenvalue weighted by molar-refractivity contribution is -0.131. The SMILES string of the molecule is CC(=O)N(Cc1ccc(NC(=O)c2csc(CN)n2)cc1)C(C)C.Cl. The van der Waals surface area contributed by atoms with E-state index in [-0.39, 0.29) is 30.3 Å². The fraction of sp³-hybridized carbons (Fsp3) is 0.353. The standard InChI is InChI=1S/C17H22N4O2S.ClH/c1-11(2)21(12(3)22)9-13-4-6-14(7-5-13)19-17(23)15-10-24-16(8-18)20-15;/h4-7,10-11H,8-9,18H2,1-3H3,(H,19,23);1H. The molecule has 1 aromatic carbocycles. The Balaban J connectivity index is 0.00000312. The van der Waals surface area contributed by atoms with Crippen molar-refractivity contribution in [3.63, 3.8) is 0 Å². The third-order valence-corrected chi connectivity index (χ3v) is 4.42. The van der Waals surface area contributed by atoms with Crippen LogP contribution in [0.15, 0.2) is 29.6 Å². The number of benzene rings is 1. The number of thiazole rings is 1. The van der Waals surface area contributed by atoms with E-state index in [1.807, 2.05) is 38.1 Å². The van der Waals surface area contributed by atoms with Crippen molar-refractivity contribution in [3.05, 3.63) is 45.9 Å². The van der Waals surface area contributed by atoms with Gasteiger partial charge in [0.25, 0.3) is 5.91 Å². The molecular weight excluding hydrogens is 360 g/mol. The molecule has 0 aliphatic carbocycles. The van der Waals surface area contributed by atoms with Crippen molar-refractivity contribution in [1.29, 1.82) is 0 Å². The second-order valence-electron chi connectivity index (χ2n) is 5.72. The Morgan fingerprint density at radius 1 is 1.28 bits per heavy atom. The fourth-order valence-corrected chi connectivity index (χ4v) is 2.91. The van der Waals surface area contributed by atoms with Crippen molar-refractivity contribution >= 4 is 41.2 Å². The molecule has 0 aliphatic rings. The summed E-state index contributed by atoms with van der Waals surface area (Å²) in [6.45, 7) is 6.42. The van der Waals surface area contributed by atoms with E-state index >= 15 is 0 Å². The Hall–Kier alpha value is -1.96. The van der Waals surface area contributed by atoms with Crippen molar-refractivity contribution in [2.24, 2.45) is 5.73 Å². The molecule has 0 atom stereocenters. The van der Waals surface area contributed by atoms with E-state index in [2.05, 4.69) is 10.3 Å². The average Bonchev–Trinajstić information content (AvgIpc) is 3.02. The lowest BCUT2D eigenvalue weighted by atomic mass is 10.1. The van der Waals surface area contributed by atoms with Crippen LogP contribution in [0.25, 0.3) is 0 Å². The van der Waals surface area contributed by atoms with Gasteiger partial charge in [-0.1, -0.05) is 12.1 Å². The molecule has 8 heteroatoms. The van der Waals surface area contributed by atoms with Crippen LogP contribution in [0, 0.1) is 0 Å². The van der Waals surface area contributed by atoms with Gasteiger partial charge in [-0.15, -0.1) is 23.7 Å². The summed E-state index contributed by atoms with van der Waals surface area (Å²) in [6, 6.07) is 7.59. The van der Waals surface area contributed by atoms with Crippen molar-refractivity contribution < 1.29 is 9.59 Å². The minimum Gasteiger partial charge on any atom is -0.336 e. The number of nitrogens with two attached hydrogens (primary N) is 1. The van der Waals surface area contributed by atoms with Gasteiger partial charge in [0.05, 0.1) is 0 Å². The Labute approximate surface area is 157 Å². The molecule has 0 aliphatic heterocycles. The van der Waals surface area contributed by atoms with E-state index in [4.69, 9.17) is 5.73 Å². The van der Waals surface area contributed by atoms with Crippen LogP contribution in [0.5, 0.6) is 0 Å². The van der Waals surface area contributed by atoms with E-state index in [9.17, 15) is 9.59 Å². The quantitative estimate of drug-likeness (QED) is 0.803. The summed E-state index contributed by atoms with van der Waals surface area (Å²) in [4.78, 5) is 29.7. The highest BCUT2D eigenvalue weighted by atomic mass is 35.5. The maximum Gasteiger partial charge on any atom is 0.275 e. The van der Waals surface area contributed by atoms with Gasteiger partial charge >= 0.3 is 0 Å². The van der Waals surface area contributed by atoms with Gasteiger partial charge < -0.3 is 16.0 Å². The zero-order chi connectivity index (χ0) is 17.7. The molecule has 136 valence electrons. The summed E-state index contributed by atoms with van der Waals surface area (Å²) in [6.07, 6.45) is 0. The fourth-order valence-electron chi connectivity index (χ4n) is 2.25. The van der Waals surface area contributed by atoms with Gasteiger partial charge in [-0.25, -0.2) is 4.98 Å². The largest absolute Gasteiger partial charge is 0.336 e. The molecular formula is C17H23ClN4O2S. The Kier molecular flexibility index (Phi) is 8.02. The van der Waals surface area contributed by atoms with Crippen molar-refractivity contribution in [1.82, 2.24) is 9.88 Å². The van der Waals surface area contributed by atoms with E-state index in [1.165, 1.54) is 11.3 Å². The molecule has 0 fully saturated rings. The predicted octanol–water partition coefficient (Wildman–Crippen LogP) is 3.03. The molecule has 0 saturated heterocycles. The summed E-state index contributed by atoms with van der Waals surface area (Å²) < 4.78 is 0. The number of nitrogens with one attached hydrogen (secondary N) is 1. The van der Waals surface area contributed by atoms with Gasteiger partial charge in [-0.3, -0.25) is 9.59 Å². The van der Waals surface area contributed by atoms with Crippen LogP contribution in [-0.2, 0) is 17.9 Å². The zero-order valence-electron chi connectivity index (χ0n) is 14.5. The number of carbonyl (C=O) groups excluding carboxylic acids is 2. The van der Waals surface area contributed by atoms with E-state index in [0.29, 0.717) is 24.5 Å². The van der Waals surface area contributed by atoms with Gasteiger partial charge in [-0.2, -0.15) is 0 Å². The molecule has 0 saturated carbocycles. The first-order valence-corrected chi connectivity index (χ1v) is 8.60. The summed E-state index contributed by atoms with van der Waals surface area (Å²) in [5.41, 5.74) is 7.57. The van der Waals surface area contributed by atoms with Gasteiger partial charge in [0.2, 0.25) is 5.91 Å². The number of nitrogens with zero attached hydrogens (tertiary/aromatic N) is 2. The van der Waals surface area contributed by atoms with Crippen LogP contribution in [0.4, 0.5) is 5.69 Å². The van der Waals surface area contributed by atoms with Crippen molar-refractivity contribution in [3.8, 4) is 0 Å². The minimum absolute atomic E-state index is 0. The maximum atomic E-state index is 12.1. The minimum atomic E-state index is -0.258. The van der Waals surface area contributed by atoms with Crippen LogP contribution >= 0.6 is 23.7 Å². The van der Waals surface area contributed by atoms with E-state index in [0.717, 1.165) is 10.6 Å². The van der Waals surface area contributed by atoms with E-state index < -0.39 is 0 Å². The number of hydrogen-bond donors (Lipinski definition) is 2. The molecule has 0 unspecified atom stereocenters. The highest BCUT2D eigenvalue weighted by Crippen LogP contribution is 2.15. The molecule has 3 N–H and O–H groups in total. The average molecular weight is 383 g/mol. The molecule has 0 spiro atoms. The van der Waals surface area contributed by atoms with Gasteiger partial charge in [0.1, 0.15) is 10.7 Å². The molecule has 1 heterocycles. The van der Waals surface area contributed by atoms with Gasteiger partial charge in [0.15, 0.2) is 0 Å². The number of amides is 2. The molecule has 2 aromatic rings. The number of rotatable bonds is 6. The highest BCUT2D eigenvalue weighted by molar-refractivity contribution is 7.09. The third-order valence-electron chi connectivity index (χ3n) is 3.55. The normalized spacial score (nSPS) is 10.3. The number of anilines is 1. The third kappa shape index (κ3) is 5.81. The van der Waals surface area contributed by atoms with Gasteiger partial charge in [-0.05, 0) is 31.5 Å². The number of aromatic nitrogens is 1. The van der Waals surface area contributed by atoms with Crippen LogP contribution in [0.1, 0.15) is 41.8 Å². The Morgan fingerprint density at radius 3 is 2.40 bits per heavy atom. The summed E-state index contributed by atoms with van der Waals surface area (Å²) in [5.74, 6) is -0.215. The summed E-state index contributed by atoms with van der Waals surface area (Å²) >= 11 is 1.37. The molecule has 2 rings (SSSR count). The Bertz CT molecular complexity index is 716. The van der Waals surface area contributed by atoms with Crippen LogP contribution in [0.2, 0.25) is 0 Å². The lowest BCUT2D eigenvalue weighted by Gasteiger charge is -2.25. The van der Waals surface area contributed by atoms with Crippen LogP contribution < -0.4 is 11.1 Å². The molecule has 0 bridgehead atoms. The second kappa shape index (κ2) is 9.50. The first kappa shape index (κ1) is 21.1. The molecule has 25 heavy (non-hydrogen) atoms. The first-order chi connectivity index (χ1) is 11.4. The molecule has 6 nitrogen and oxygen atoms in total. The molecule has 0 radical (unpaired) electrons. The Morgan fingerprint density at radius 2 is 1.92 bits per heavy atom. The number of halogens is 1. The molecule has 2 amide bonds. The second-order valence-corrected chi connectivity index (χ2v) is 6.66. The van der Waals surface area contributed by atoms with Crippen LogP contribution in [0.3, 0.4) is 0 Å². The smallest absolute Gasteiger partial charge is 0.275 e. The summed E-state index contributed by atoms with van der Waals surface area (Å²) in [7, 11) is 0. The van der Waals surface area contributed by atoms with E-state index in [1.54, 1.807) is 17.2 Å². The summed E-state index contributed by atoms with van der Waals surface area (Å²) in [5, 5.41) is 5.23. The van der Waals surface area contributed by atoms with Crippen molar-refractivity contribution in [2.45, 2.75) is 39.9 Å². The maximum absolute atomic E-state index is 12.1. The monoisotopic (exact) mass is 382 g/mol. The number of hydrogen-bond acceptors (Lipinski definition) is 5. The predicted molar refractivity (Wildman–Crippen MR) is 103 cm³/mol. The number of carbonyl (C=O) groups is 2. The van der Waals surface area contributed by atoms with Gasteiger partial charge in [0, 0.05) is 37.1 Å². The topological polar surface area (TPSA) is 88.3 Å². The lowest BCUT2D eigenvalue weighted by Crippen LogP contribution is -2.34. The van der Waals surface area contributed by atoms with Crippen LogP contribution in [-0.4, -0.2) is 27.7 Å². The molecule has 1 aromatic heterocycles. The first-order valence-electron chi connectivity index (χ1n) is 7.72.